The number of nitrogens with two attached hydrogens (primary N) is 1. The fraction of sp³-hybridized carbons (Fsp3) is 0.273. The zero-order valence-corrected chi connectivity index (χ0v) is 8.64. The smallest absolute Gasteiger partial charge is 0.409 e. The molecule has 0 saturated carbocycles. The zero-order valence-electron chi connectivity index (χ0n) is 8.64. The second kappa shape index (κ2) is 4.22. The Balaban J connectivity index is 2.35. The van der Waals surface area contributed by atoms with Crippen molar-refractivity contribution >= 4 is 11.8 Å². The van der Waals surface area contributed by atoms with Gasteiger partial charge in [0, 0.05) is 5.56 Å². The summed E-state index contributed by atoms with van der Waals surface area (Å²) >= 11 is 0. The first-order chi connectivity index (χ1) is 7.70. The Labute approximate surface area is 92.5 Å². The highest BCUT2D eigenvalue weighted by Crippen LogP contribution is 2.25. The summed E-state index contributed by atoms with van der Waals surface area (Å²) in [5.41, 5.74) is 7.52. The van der Waals surface area contributed by atoms with Gasteiger partial charge in [0.1, 0.15) is 5.75 Å². The number of fused-ring (bicyclic) bond motifs is 1. The number of ether oxygens (including phenoxy) is 1. The molecule has 0 radical (unpaired) electrons. The highest BCUT2D eigenvalue weighted by atomic mass is 16.5. The summed E-state index contributed by atoms with van der Waals surface area (Å²) in [6, 6.07) is 5.17. The van der Waals surface area contributed by atoms with Crippen molar-refractivity contribution in [1.29, 1.82) is 0 Å². The number of primary amides is 1. The maximum absolute atomic E-state index is 10.6. The number of rotatable bonds is 1. The van der Waals surface area contributed by atoms with E-state index in [0.29, 0.717) is 11.5 Å². The van der Waals surface area contributed by atoms with Crippen LogP contribution in [0.3, 0.4) is 0 Å². The topological polar surface area (TPSA) is 84.9 Å². The summed E-state index contributed by atoms with van der Waals surface area (Å²) in [6.45, 7) is 0. The molecule has 0 fully saturated rings. The molecule has 1 aliphatic rings. The van der Waals surface area contributed by atoms with Gasteiger partial charge in [-0.2, -0.15) is 0 Å². The Morgan fingerprint density at radius 1 is 1.44 bits per heavy atom. The first-order valence-corrected chi connectivity index (χ1v) is 5.02. The highest BCUT2D eigenvalue weighted by Gasteiger charge is 2.16. The number of amides is 1. The summed E-state index contributed by atoms with van der Waals surface area (Å²) in [5, 5.41) is 12.1. The summed E-state index contributed by atoms with van der Waals surface area (Å²) in [4.78, 5) is 10.6. The molecule has 16 heavy (non-hydrogen) atoms. The maximum atomic E-state index is 10.6. The van der Waals surface area contributed by atoms with Crippen molar-refractivity contribution in [1.82, 2.24) is 0 Å². The number of hydrogen-bond donors (Lipinski definition) is 2. The maximum Gasteiger partial charge on any atom is 0.409 e. The number of carbonyl (C=O) groups is 1. The van der Waals surface area contributed by atoms with Crippen LogP contribution in [0.5, 0.6) is 5.75 Å². The fourth-order valence-electron chi connectivity index (χ4n) is 1.92. The van der Waals surface area contributed by atoms with E-state index in [2.05, 4.69) is 5.16 Å². The van der Waals surface area contributed by atoms with Crippen molar-refractivity contribution in [2.75, 3.05) is 0 Å². The monoisotopic (exact) mass is 220 g/mol. The molecule has 3 N–H and O–H groups in total. The first-order valence-electron chi connectivity index (χ1n) is 5.02. The standard InChI is InChI=1S/C11H12N2O3/c12-11(14)16-8-4-5-9-7(6-8)2-1-3-10(9)13-15/h4-6,15H,1-3H2,(H2,12,14)/b13-10-. The van der Waals surface area contributed by atoms with Gasteiger partial charge in [-0.25, -0.2) is 4.79 Å². The molecule has 0 aromatic heterocycles. The highest BCUT2D eigenvalue weighted by molar-refractivity contribution is 6.02. The molecule has 0 heterocycles. The van der Waals surface area contributed by atoms with Crippen LogP contribution in [0, 0.1) is 0 Å². The lowest BCUT2D eigenvalue weighted by atomic mass is 9.90. The van der Waals surface area contributed by atoms with Crippen LogP contribution in [0.15, 0.2) is 23.4 Å². The van der Waals surface area contributed by atoms with E-state index >= 15 is 0 Å². The van der Waals surface area contributed by atoms with E-state index in [0.717, 1.165) is 30.4 Å². The molecular weight excluding hydrogens is 208 g/mol. The van der Waals surface area contributed by atoms with E-state index in [9.17, 15) is 4.79 Å². The van der Waals surface area contributed by atoms with Gasteiger partial charge in [0.25, 0.3) is 0 Å². The van der Waals surface area contributed by atoms with E-state index in [1.807, 2.05) is 0 Å². The molecule has 1 aromatic carbocycles. The van der Waals surface area contributed by atoms with Gasteiger partial charge in [0.05, 0.1) is 5.71 Å². The van der Waals surface area contributed by atoms with Gasteiger partial charge in [-0.3, -0.25) is 0 Å². The minimum atomic E-state index is -0.827. The van der Waals surface area contributed by atoms with Gasteiger partial charge in [-0.05, 0) is 43.0 Å². The molecule has 1 amide bonds. The van der Waals surface area contributed by atoms with E-state index in [-0.39, 0.29) is 0 Å². The van der Waals surface area contributed by atoms with Gasteiger partial charge in [0.15, 0.2) is 0 Å². The number of nitrogens with zero attached hydrogens (tertiary/aromatic N) is 1. The minimum Gasteiger partial charge on any atom is -0.411 e. The molecule has 0 aliphatic heterocycles. The third-order valence-electron chi connectivity index (χ3n) is 2.59. The predicted molar refractivity (Wildman–Crippen MR) is 57.9 cm³/mol. The van der Waals surface area contributed by atoms with Crippen molar-refractivity contribution in [3.63, 3.8) is 0 Å². The Kier molecular flexibility index (Phi) is 2.76. The number of carbonyl (C=O) groups excluding carboxylic acids is 1. The molecule has 1 aliphatic carbocycles. The van der Waals surface area contributed by atoms with E-state index in [1.165, 1.54) is 0 Å². The number of benzene rings is 1. The van der Waals surface area contributed by atoms with Crippen molar-refractivity contribution in [2.24, 2.45) is 10.9 Å². The van der Waals surface area contributed by atoms with Gasteiger partial charge < -0.3 is 15.7 Å². The third-order valence-corrected chi connectivity index (χ3v) is 2.59. The Morgan fingerprint density at radius 3 is 2.94 bits per heavy atom. The minimum absolute atomic E-state index is 0.422. The number of aryl methyl sites for hydroxylation is 1. The van der Waals surface area contributed by atoms with E-state index in [4.69, 9.17) is 15.7 Å². The van der Waals surface area contributed by atoms with Crippen LogP contribution in [0.25, 0.3) is 0 Å². The molecular formula is C11H12N2O3. The van der Waals surface area contributed by atoms with Crippen molar-refractivity contribution in [3.8, 4) is 5.75 Å². The van der Waals surface area contributed by atoms with Crippen molar-refractivity contribution in [3.05, 3.63) is 29.3 Å². The van der Waals surface area contributed by atoms with Crippen molar-refractivity contribution < 1.29 is 14.7 Å². The molecule has 84 valence electrons. The van der Waals surface area contributed by atoms with Gasteiger partial charge >= 0.3 is 6.09 Å². The molecule has 2 rings (SSSR count). The molecule has 0 saturated heterocycles. The van der Waals surface area contributed by atoms with Crippen LogP contribution in [0.1, 0.15) is 24.0 Å². The van der Waals surface area contributed by atoms with E-state index in [1.54, 1.807) is 18.2 Å². The SMILES string of the molecule is NC(=O)Oc1ccc2c(c1)CCC/C2=N/O. The van der Waals surface area contributed by atoms with Gasteiger partial charge in [-0.1, -0.05) is 5.16 Å². The fourth-order valence-corrected chi connectivity index (χ4v) is 1.92. The van der Waals surface area contributed by atoms with E-state index < -0.39 is 6.09 Å². The van der Waals surface area contributed by atoms with Crippen LogP contribution in [0.4, 0.5) is 4.79 Å². The van der Waals surface area contributed by atoms with Crippen LogP contribution in [-0.4, -0.2) is 17.0 Å². The molecule has 1 aromatic rings. The largest absolute Gasteiger partial charge is 0.411 e. The average molecular weight is 220 g/mol. The first kappa shape index (κ1) is 10.5. The second-order valence-electron chi connectivity index (χ2n) is 3.64. The molecule has 0 bridgehead atoms. The van der Waals surface area contributed by atoms with Crippen LogP contribution in [0.2, 0.25) is 0 Å². The second-order valence-corrected chi connectivity index (χ2v) is 3.64. The van der Waals surface area contributed by atoms with Crippen molar-refractivity contribution in [2.45, 2.75) is 19.3 Å². The Hall–Kier alpha value is -2.04. The Morgan fingerprint density at radius 2 is 2.25 bits per heavy atom. The number of hydrogen-bond acceptors (Lipinski definition) is 4. The van der Waals surface area contributed by atoms with Crippen LogP contribution >= 0.6 is 0 Å². The Bertz CT molecular complexity index is 455. The summed E-state index contributed by atoms with van der Waals surface area (Å²) in [6.07, 6.45) is 1.74. The summed E-state index contributed by atoms with van der Waals surface area (Å²) in [7, 11) is 0. The average Bonchev–Trinajstić information content (AvgIpc) is 2.27. The number of oxime groups is 1. The molecule has 0 unspecified atom stereocenters. The summed E-state index contributed by atoms with van der Waals surface area (Å²) < 4.78 is 4.79. The normalized spacial score (nSPS) is 16.9. The predicted octanol–water partition coefficient (Wildman–Crippen LogP) is 1.66. The van der Waals surface area contributed by atoms with Crippen LogP contribution < -0.4 is 10.5 Å². The van der Waals surface area contributed by atoms with Gasteiger partial charge in [0.2, 0.25) is 0 Å². The van der Waals surface area contributed by atoms with Crippen LogP contribution in [-0.2, 0) is 6.42 Å². The lowest BCUT2D eigenvalue weighted by Crippen LogP contribution is -2.17. The lowest BCUT2D eigenvalue weighted by Gasteiger charge is -2.17. The zero-order chi connectivity index (χ0) is 11.5. The molecule has 0 atom stereocenters. The molecule has 5 nitrogen and oxygen atoms in total. The lowest BCUT2D eigenvalue weighted by molar-refractivity contribution is 0.211. The third kappa shape index (κ3) is 1.98. The van der Waals surface area contributed by atoms with Gasteiger partial charge in [-0.15, -0.1) is 0 Å². The molecule has 5 heteroatoms. The quantitative estimate of drug-likeness (QED) is 0.557. The summed E-state index contributed by atoms with van der Waals surface area (Å²) in [5.74, 6) is 0.422. The molecule has 0 spiro atoms.